The van der Waals surface area contributed by atoms with Gasteiger partial charge in [0, 0.05) is 12.6 Å². The van der Waals surface area contributed by atoms with Crippen LogP contribution in [0, 0.1) is 12.3 Å². The number of aryl methyl sites for hydroxylation is 1. The number of nitrogens with two attached hydrogens (primary N) is 1. The summed E-state index contributed by atoms with van der Waals surface area (Å²) in [6.45, 7) is 9.93. The summed E-state index contributed by atoms with van der Waals surface area (Å²) in [5.41, 5.74) is 10.5. The Morgan fingerprint density at radius 3 is 2.44 bits per heavy atom. The number of nitrogens with zero attached hydrogens (tertiary/aromatic N) is 2. The van der Waals surface area contributed by atoms with Gasteiger partial charge >= 0.3 is 0 Å². The highest BCUT2D eigenvalue weighted by Gasteiger charge is 2.40. The zero-order valence-corrected chi connectivity index (χ0v) is 20.8. The second-order valence-corrected chi connectivity index (χ2v) is 10.2. The van der Waals surface area contributed by atoms with Crippen LogP contribution in [0.4, 0.5) is 0 Å². The van der Waals surface area contributed by atoms with Crippen LogP contribution < -0.4 is 11.1 Å². The summed E-state index contributed by atoms with van der Waals surface area (Å²) >= 11 is 1.61. The van der Waals surface area contributed by atoms with Crippen LogP contribution in [0.25, 0.3) is 10.4 Å². The van der Waals surface area contributed by atoms with Gasteiger partial charge in [-0.05, 0) is 36.8 Å². The highest BCUT2D eigenvalue weighted by Crippen LogP contribution is 2.32. The Hall–Kier alpha value is -1.84. The second-order valence-electron chi connectivity index (χ2n) is 9.36. The van der Waals surface area contributed by atoms with E-state index >= 15 is 0 Å². The SMILES string of the molecule is Cc1ncsc1-c1ccc([C@@H](C)N2C[C@H](O)C[C@H]2C(=O)NC(=O)[C@@H](N)C(C)(C)C)cc1.Cl. The molecular weight excluding hydrogens is 448 g/mol. The quantitative estimate of drug-likeness (QED) is 0.607. The van der Waals surface area contributed by atoms with E-state index in [1.807, 2.05) is 57.2 Å². The Morgan fingerprint density at radius 2 is 1.91 bits per heavy atom. The van der Waals surface area contributed by atoms with Crippen molar-refractivity contribution in [2.24, 2.45) is 11.1 Å². The number of aliphatic hydroxyl groups is 1. The third-order valence-corrected chi connectivity index (χ3v) is 6.96. The molecule has 4 N–H and O–H groups in total. The van der Waals surface area contributed by atoms with Gasteiger partial charge in [-0.15, -0.1) is 23.7 Å². The smallest absolute Gasteiger partial charge is 0.244 e. The predicted molar refractivity (Wildman–Crippen MR) is 130 cm³/mol. The lowest BCUT2D eigenvalue weighted by molar-refractivity contribution is -0.135. The van der Waals surface area contributed by atoms with E-state index in [-0.39, 0.29) is 24.9 Å². The van der Waals surface area contributed by atoms with Gasteiger partial charge in [0.1, 0.15) is 0 Å². The van der Waals surface area contributed by atoms with E-state index in [2.05, 4.69) is 22.4 Å². The van der Waals surface area contributed by atoms with Crippen molar-refractivity contribution in [1.29, 1.82) is 0 Å². The fourth-order valence-electron chi connectivity index (χ4n) is 3.88. The van der Waals surface area contributed by atoms with Crippen molar-refractivity contribution < 1.29 is 14.7 Å². The molecule has 1 saturated heterocycles. The zero-order valence-electron chi connectivity index (χ0n) is 19.2. The topological polar surface area (TPSA) is 109 Å². The maximum Gasteiger partial charge on any atom is 0.244 e. The molecule has 9 heteroatoms. The van der Waals surface area contributed by atoms with Crippen LogP contribution >= 0.6 is 23.7 Å². The van der Waals surface area contributed by atoms with E-state index in [0.717, 1.165) is 21.7 Å². The molecule has 0 aliphatic carbocycles. The number of likely N-dealkylation sites (tertiary alicyclic amines) is 1. The van der Waals surface area contributed by atoms with Crippen molar-refractivity contribution in [3.8, 4) is 10.4 Å². The fourth-order valence-corrected chi connectivity index (χ4v) is 4.69. The van der Waals surface area contributed by atoms with Crippen molar-refractivity contribution in [1.82, 2.24) is 15.2 Å². The van der Waals surface area contributed by atoms with E-state index in [9.17, 15) is 14.7 Å². The van der Waals surface area contributed by atoms with E-state index in [1.54, 1.807) is 11.3 Å². The number of aliphatic hydroxyl groups excluding tert-OH is 1. The van der Waals surface area contributed by atoms with Crippen LogP contribution in [-0.4, -0.2) is 51.5 Å². The molecule has 0 saturated carbocycles. The number of nitrogens with one attached hydrogen (secondary N) is 1. The summed E-state index contributed by atoms with van der Waals surface area (Å²) in [6, 6.07) is 6.70. The number of carbonyl (C=O) groups is 2. The van der Waals surface area contributed by atoms with Gasteiger partial charge in [0.25, 0.3) is 0 Å². The van der Waals surface area contributed by atoms with Crippen molar-refractivity contribution in [2.45, 2.75) is 65.3 Å². The van der Waals surface area contributed by atoms with Gasteiger partial charge in [0.05, 0.1) is 34.3 Å². The van der Waals surface area contributed by atoms with Gasteiger partial charge in [0.15, 0.2) is 0 Å². The van der Waals surface area contributed by atoms with E-state index in [4.69, 9.17) is 5.73 Å². The lowest BCUT2D eigenvalue weighted by Gasteiger charge is -2.31. The monoisotopic (exact) mass is 480 g/mol. The van der Waals surface area contributed by atoms with Crippen LogP contribution in [0.2, 0.25) is 0 Å². The molecule has 1 aromatic carbocycles. The van der Waals surface area contributed by atoms with Crippen LogP contribution in [-0.2, 0) is 9.59 Å². The van der Waals surface area contributed by atoms with Crippen LogP contribution in [0.1, 0.15) is 51.4 Å². The number of rotatable bonds is 5. The molecule has 0 unspecified atom stereocenters. The second kappa shape index (κ2) is 10.4. The minimum absolute atomic E-state index is 0. The third kappa shape index (κ3) is 5.74. The van der Waals surface area contributed by atoms with E-state index in [1.165, 1.54) is 0 Å². The largest absolute Gasteiger partial charge is 0.392 e. The molecule has 1 fully saturated rings. The Labute approximate surface area is 199 Å². The summed E-state index contributed by atoms with van der Waals surface area (Å²) in [7, 11) is 0. The van der Waals surface area contributed by atoms with Gasteiger partial charge in [0.2, 0.25) is 11.8 Å². The Balaban J connectivity index is 0.00000363. The maximum atomic E-state index is 12.9. The van der Waals surface area contributed by atoms with Crippen molar-refractivity contribution >= 4 is 35.6 Å². The summed E-state index contributed by atoms with van der Waals surface area (Å²) < 4.78 is 0. The first-order valence-electron chi connectivity index (χ1n) is 10.5. The molecule has 1 aliphatic rings. The first kappa shape index (κ1) is 26.4. The van der Waals surface area contributed by atoms with Crippen LogP contribution in [0.15, 0.2) is 29.8 Å². The summed E-state index contributed by atoms with van der Waals surface area (Å²) in [4.78, 5) is 32.7. The number of thiazole rings is 1. The number of carbonyl (C=O) groups excluding carboxylic acids is 2. The normalized spacial score (nSPS) is 21.0. The summed E-state index contributed by atoms with van der Waals surface area (Å²) in [5.74, 6) is -0.902. The molecule has 2 aromatic rings. The van der Waals surface area contributed by atoms with Gasteiger partial charge in [-0.3, -0.25) is 19.8 Å². The van der Waals surface area contributed by atoms with E-state index in [0.29, 0.717) is 6.54 Å². The number of β-amino-alcohol motifs (C(OH)–C–C–N with tert-alkyl or cyclic N) is 1. The number of amides is 2. The van der Waals surface area contributed by atoms with Gasteiger partial charge in [-0.2, -0.15) is 0 Å². The molecule has 176 valence electrons. The lowest BCUT2D eigenvalue weighted by Crippen LogP contribution is -2.54. The van der Waals surface area contributed by atoms with Gasteiger partial charge < -0.3 is 10.8 Å². The molecule has 0 bridgehead atoms. The number of benzene rings is 1. The van der Waals surface area contributed by atoms with Crippen molar-refractivity contribution in [2.75, 3.05) is 6.54 Å². The molecule has 2 amide bonds. The average Bonchev–Trinajstić information content (AvgIpc) is 3.31. The molecule has 1 aromatic heterocycles. The van der Waals surface area contributed by atoms with E-state index < -0.39 is 35.4 Å². The molecule has 7 nitrogen and oxygen atoms in total. The maximum absolute atomic E-state index is 12.9. The Bertz CT molecular complexity index is 941. The van der Waals surface area contributed by atoms with Gasteiger partial charge in [-0.1, -0.05) is 45.0 Å². The molecule has 0 radical (unpaired) electrons. The predicted octanol–water partition coefficient (Wildman–Crippen LogP) is 3.05. The molecule has 32 heavy (non-hydrogen) atoms. The van der Waals surface area contributed by atoms with Crippen molar-refractivity contribution in [3.05, 3.63) is 41.0 Å². The zero-order chi connectivity index (χ0) is 22.9. The minimum atomic E-state index is -0.795. The first-order valence-corrected chi connectivity index (χ1v) is 11.4. The molecule has 1 aliphatic heterocycles. The number of hydrogen-bond acceptors (Lipinski definition) is 7. The molecule has 3 rings (SSSR count). The average molecular weight is 481 g/mol. The highest BCUT2D eigenvalue weighted by atomic mass is 35.5. The minimum Gasteiger partial charge on any atom is -0.392 e. The molecule has 2 heterocycles. The van der Waals surface area contributed by atoms with Gasteiger partial charge in [-0.25, -0.2) is 4.98 Å². The number of imide groups is 1. The van der Waals surface area contributed by atoms with Crippen LogP contribution in [0.3, 0.4) is 0 Å². The Morgan fingerprint density at radius 1 is 1.28 bits per heavy atom. The fraction of sp³-hybridized carbons (Fsp3) is 0.522. The Kier molecular flexibility index (Phi) is 8.58. The molecule has 0 spiro atoms. The number of hydrogen-bond donors (Lipinski definition) is 3. The first-order chi connectivity index (χ1) is 14.5. The third-order valence-electron chi connectivity index (χ3n) is 5.98. The van der Waals surface area contributed by atoms with Crippen LogP contribution in [0.5, 0.6) is 0 Å². The molecule has 4 atom stereocenters. The highest BCUT2D eigenvalue weighted by molar-refractivity contribution is 7.13. The summed E-state index contributed by atoms with van der Waals surface area (Å²) in [5, 5.41) is 12.7. The number of aromatic nitrogens is 1. The molecular formula is C23H33ClN4O3S. The summed E-state index contributed by atoms with van der Waals surface area (Å²) in [6.07, 6.45) is -0.337. The standard InChI is InChI=1S/C23H32N4O3S.ClH/c1-13-19(31-12-25-13)16-8-6-15(7-9-16)14(2)27-11-17(28)10-18(27)21(29)26-22(30)20(24)23(3,4)5;/h6-9,12,14,17-18,20,28H,10-11,24H2,1-5H3,(H,26,29,30);1H/t14-,17-,18+,20-;/m1./s1. The van der Waals surface area contributed by atoms with Crippen molar-refractivity contribution in [3.63, 3.8) is 0 Å². The lowest BCUT2D eigenvalue weighted by atomic mass is 9.87. The number of halogens is 1.